The van der Waals surface area contributed by atoms with E-state index in [1.807, 2.05) is 0 Å². The summed E-state index contributed by atoms with van der Waals surface area (Å²) >= 11 is 0. The van der Waals surface area contributed by atoms with Crippen molar-refractivity contribution >= 4 is 11.5 Å². The number of hydrogen-bond donors (Lipinski definition) is 1. The molecule has 0 aliphatic rings. The maximum absolute atomic E-state index is 11.0. The monoisotopic (exact) mass is 274 g/mol. The fourth-order valence-electron chi connectivity index (χ4n) is 1.69. The molecule has 1 aromatic carbocycles. The molecule has 0 fully saturated rings. The summed E-state index contributed by atoms with van der Waals surface area (Å²) in [5, 5.41) is 13.9. The quantitative estimate of drug-likeness (QED) is 0.664. The topological polar surface area (TPSA) is 90.2 Å². The van der Waals surface area contributed by atoms with Crippen molar-refractivity contribution in [1.29, 1.82) is 0 Å². The highest BCUT2D eigenvalue weighted by molar-refractivity contribution is 5.52. The third kappa shape index (κ3) is 3.00. The molecule has 1 N–H and O–H groups in total. The van der Waals surface area contributed by atoms with E-state index >= 15 is 0 Å². The Balaban J connectivity index is 2.14. The van der Waals surface area contributed by atoms with E-state index in [0.29, 0.717) is 17.1 Å². The highest BCUT2D eigenvalue weighted by Gasteiger charge is 2.18. The largest absolute Gasteiger partial charge is 0.480 e. The maximum atomic E-state index is 11.0. The van der Waals surface area contributed by atoms with Gasteiger partial charge in [0, 0.05) is 12.6 Å². The molecule has 2 rings (SSSR count). The van der Waals surface area contributed by atoms with E-state index in [1.54, 1.807) is 44.6 Å². The summed E-state index contributed by atoms with van der Waals surface area (Å²) in [6.45, 7) is 1.80. The summed E-state index contributed by atoms with van der Waals surface area (Å²) < 4.78 is 5.47. The van der Waals surface area contributed by atoms with Crippen LogP contribution in [0.2, 0.25) is 0 Å². The van der Waals surface area contributed by atoms with Crippen LogP contribution in [0, 0.1) is 17.0 Å². The van der Waals surface area contributed by atoms with Crippen LogP contribution in [-0.4, -0.2) is 21.9 Å². The second-order valence-electron chi connectivity index (χ2n) is 4.11. The number of nitro groups is 1. The van der Waals surface area contributed by atoms with Gasteiger partial charge < -0.3 is 10.1 Å². The fraction of sp³-hybridized carbons (Fsp3) is 0.231. The van der Waals surface area contributed by atoms with Crippen LogP contribution in [0.15, 0.2) is 30.6 Å². The lowest BCUT2D eigenvalue weighted by Gasteiger charge is -2.07. The van der Waals surface area contributed by atoms with Gasteiger partial charge in [0.1, 0.15) is 12.4 Å². The van der Waals surface area contributed by atoms with Crippen LogP contribution in [0.4, 0.5) is 11.5 Å². The van der Waals surface area contributed by atoms with E-state index in [-0.39, 0.29) is 18.0 Å². The Morgan fingerprint density at radius 2 is 2.15 bits per heavy atom. The first-order valence-electron chi connectivity index (χ1n) is 5.97. The zero-order chi connectivity index (χ0) is 14.5. The van der Waals surface area contributed by atoms with Crippen LogP contribution in [0.3, 0.4) is 0 Å². The molecule has 7 heteroatoms. The van der Waals surface area contributed by atoms with Crippen LogP contribution in [0.25, 0.3) is 0 Å². The number of hydrogen-bond acceptors (Lipinski definition) is 6. The number of nitrogens with zero attached hydrogens (tertiary/aromatic N) is 3. The molecule has 0 aliphatic carbocycles. The molecule has 0 spiro atoms. The SMILES string of the molecule is CNc1cnc(COc2cccc(C)c2[N+](=O)[O-])cn1. The Labute approximate surface area is 115 Å². The summed E-state index contributed by atoms with van der Waals surface area (Å²) in [7, 11) is 1.75. The van der Waals surface area contributed by atoms with Crippen molar-refractivity contribution in [3.63, 3.8) is 0 Å². The van der Waals surface area contributed by atoms with Crippen LogP contribution >= 0.6 is 0 Å². The average molecular weight is 274 g/mol. The van der Waals surface area contributed by atoms with Gasteiger partial charge in [-0.3, -0.25) is 15.1 Å². The zero-order valence-corrected chi connectivity index (χ0v) is 11.2. The Kier molecular flexibility index (Phi) is 4.09. The van der Waals surface area contributed by atoms with Crippen molar-refractivity contribution < 1.29 is 9.66 Å². The van der Waals surface area contributed by atoms with E-state index < -0.39 is 4.92 Å². The lowest BCUT2D eigenvalue weighted by atomic mass is 10.2. The summed E-state index contributed by atoms with van der Waals surface area (Å²) in [5.74, 6) is 0.879. The zero-order valence-electron chi connectivity index (χ0n) is 11.2. The van der Waals surface area contributed by atoms with Gasteiger partial charge in [0.15, 0.2) is 5.75 Å². The smallest absolute Gasteiger partial charge is 0.313 e. The molecule has 0 unspecified atom stereocenters. The molecule has 104 valence electrons. The van der Waals surface area contributed by atoms with Crippen molar-refractivity contribution in [3.05, 3.63) is 52.0 Å². The highest BCUT2D eigenvalue weighted by atomic mass is 16.6. The minimum atomic E-state index is -0.444. The van der Waals surface area contributed by atoms with E-state index in [9.17, 15) is 10.1 Å². The maximum Gasteiger partial charge on any atom is 0.313 e. The number of aromatic nitrogens is 2. The van der Waals surface area contributed by atoms with E-state index in [4.69, 9.17) is 4.74 Å². The third-order valence-electron chi connectivity index (χ3n) is 2.72. The second-order valence-corrected chi connectivity index (χ2v) is 4.11. The number of ether oxygens (including phenoxy) is 1. The Hall–Kier alpha value is -2.70. The summed E-state index contributed by atoms with van der Waals surface area (Å²) in [4.78, 5) is 18.8. The molecule has 0 radical (unpaired) electrons. The molecule has 0 amide bonds. The normalized spacial score (nSPS) is 10.1. The number of anilines is 1. The van der Waals surface area contributed by atoms with Crippen molar-refractivity contribution in [1.82, 2.24) is 9.97 Å². The molecule has 0 aliphatic heterocycles. The van der Waals surface area contributed by atoms with Gasteiger partial charge in [-0.15, -0.1) is 0 Å². The van der Waals surface area contributed by atoms with Crippen molar-refractivity contribution in [2.75, 3.05) is 12.4 Å². The minimum absolute atomic E-state index is 0.0210. The van der Waals surface area contributed by atoms with Crippen molar-refractivity contribution in [2.45, 2.75) is 13.5 Å². The molecular weight excluding hydrogens is 260 g/mol. The number of nitrogens with one attached hydrogen (secondary N) is 1. The van der Waals surface area contributed by atoms with Crippen LogP contribution in [-0.2, 0) is 6.61 Å². The fourth-order valence-corrected chi connectivity index (χ4v) is 1.69. The van der Waals surface area contributed by atoms with Gasteiger partial charge >= 0.3 is 5.69 Å². The first-order chi connectivity index (χ1) is 9.61. The summed E-state index contributed by atoms with van der Waals surface area (Å²) in [6.07, 6.45) is 3.14. The van der Waals surface area contributed by atoms with Gasteiger partial charge in [-0.2, -0.15) is 0 Å². The van der Waals surface area contributed by atoms with Crippen LogP contribution in [0.1, 0.15) is 11.3 Å². The Morgan fingerprint density at radius 3 is 2.75 bits per heavy atom. The molecular formula is C13H14N4O3. The van der Waals surface area contributed by atoms with Crippen LogP contribution < -0.4 is 10.1 Å². The summed E-state index contributed by atoms with van der Waals surface area (Å²) in [6, 6.07) is 4.96. The number of para-hydroxylation sites is 1. The molecule has 1 heterocycles. The van der Waals surface area contributed by atoms with Gasteiger partial charge in [-0.05, 0) is 13.0 Å². The molecule has 1 aromatic heterocycles. The Bertz CT molecular complexity index is 614. The average Bonchev–Trinajstić information content (AvgIpc) is 2.45. The van der Waals surface area contributed by atoms with E-state index in [0.717, 1.165) is 0 Å². The standard InChI is InChI=1S/C13H14N4O3/c1-9-4-3-5-11(13(9)17(18)19)20-8-10-6-16-12(14-2)7-15-10/h3-7H,8H2,1-2H3,(H,14,16). The van der Waals surface area contributed by atoms with Gasteiger partial charge in [0.2, 0.25) is 0 Å². The number of nitro benzene ring substituents is 1. The first kappa shape index (κ1) is 13.7. The molecule has 7 nitrogen and oxygen atoms in total. The molecule has 0 bridgehead atoms. The molecule has 0 saturated heterocycles. The predicted molar refractivity (Wildman–Crippen MR) is 73.7 cm³/mol. The van der Waals surface area contributed by atoms with Crippen molar-refractivity contribution in [3.8, 4) is 5.75 Å². The number of rotatable bonds is 5. The Morgan fingerprint density at radius 1 is 1.35 bits per heavy atom. The summed E-state index contributed by atoms with van der Waals surface area (Å²) in [5.41, 5.74) is 1.14. The van der Waals surface area contributed by atoms with Gasteiger partial charge in [-0.1, -0.05) is 12.1 Å². The number of benzene rings is 1. The lowest BCUT2D eigenvalue weighted by Crippen LogP contribution is -2.03. The first-order valence-corrected chi connectivity index (χ1v) is 5.97. The minimum Gasteiger partial charge on any atom is -0.480 e. The number of aryl methyl sites for hydroxylation is 1. The van der Waals surface area contributed by atoms with E-state index in [2.05, 4.69) is 15.3 Å². The molecule has 0 saturated carbocycles. The van der Waals surface area contributed by atoms with Crippen LogP contribution in [0.5, 0.6) is 5.75 Å². The second kappa shape index (κ2) is 5.96. The highest BCUT2D eigenvalue weighted by Crippen LogP contribution is 2.30. The van der Waals surface area contributed by atoms with Gasteiger partial charge in [0.05, 0.1) is 23.0 Å². The molecule has 2 aromatic rings. The van der Waals surface area contributed by atoms with Gasteiger partial charge in [-0.25, -0.2) is 4.98 Å². The predicted octanol–water partition coefficient (Wildman–Crippen LogP) is 2.31. The van der Waals surface area contributed by atoms with E-state index in [1.165, 1.54) is 0 Å². The lowest BCUT2D eigenvalue weighted by molar-refractivity contribution is -0.386. The van der Waals surface area contributed by atoms with Crippen molar-refractivity contribution in [2.24, 2.45) is 0 Å². The molecule has 0 atom stereocenters. The molecule has 20 heavy (non-hydrogen) atoms. The van der Waals surface area contributed by atoms with Gasteiger partial charge in [0.25, 0.3) is 0 Å². The third-order valence-corrected chi connectivity index (χ3v) is 2.72.